The predicted molar refractivity (Wildman–Crippen MR) is 108 cm³/mol. The number of aromatic nitrogens is 4. The minimum absolute atomic E-state index is 0.0405. The summed E-state index contributed by atoms with van der Waals surface area (Å²) >= 11 is 0. The number of primary amides is 1. The highest BCUT2D eigenvalue weighted by Crippen LogP contribution is 2.28. The second-order valence-electron chi connectivity index (χ2n) is 6.97. The quantitative estimate of drug-likeness (QED) is 0.508. The Bertz CT molecular complexity index is 1190. The fourth-order valence-corrected chi connectivity index (χ4v) is 2.99. The first-order valence-electron chi connectivity index (χ1n) is 9.60. The van der Waals surface area contributed by atoms with E-state index in [4.69, 9.17) is 10.5 Å². The highest BCUT2D eigenvalue weighted by Gasteiger charge is 2.32. The molecule has 0 unspecified atom stereocenters. The van der Waals surface area contributed by atoms with Gasteiger partial charge in [0.05, 0.1) is 12.4 Å². The van der Waals surface area contributed by atoms with E-state index in [1.807, 2.05) is 0 Å². The Labute approximate surface area is 184 Å². The van der Waals surface area contributed by atoms with Crippen LogP contribution in [0, 0.1) is 0 Å². The van der Waals surface area contributed by atoms with Gasteiger partial charge in [0, 0.05) is 18.2 Å². The molecule has 0 spiro atoms. The van der Waals surface area contributed by atoms with Crippen molar-refractivity contribution in [2.45, 2.75) is 18.6 Å². The minimum Gasteiger partial charge on any atom is -0.438 e. The number of carbonyl (C=O) groups is 2. The van der Waals surface area contributed by atoms with Gasteiger partial charge in [-0.05, 0) is 30.7 Å². The minimum atomic E-state index is -4.60. The van der Waals surface area contributed by atoms with Crippen molar-refractivity contribution < 1.29 is 27.5 Å². The summed E-state index contributed by atoms with van der Waals surface area (Å²) in [5.41, 5.74) is 4.71. The lowest BCUT2D eigenvalue weighted by molar-refractivity contribution is -0.141. The van der Waals surface area contributed by atoms with Crippen LogP contribution in [0.1, 0.15) is 22.6 Å². The van der Waals surface area contributed by atoms with Crippen molar-refractivity contribution in [1.82, 2.24) is 25.3 Å². The largest absolute Gasteiger partial charge is 0.438 e. The standard InChI is InChI=1S/C20H16F3N7O3/c21-20(22,23)14-8-27-16(9-26-14)33-11-3-1-10(2-4-11)18-29-13(17(24)31)7-15(30-18)28-12-5-6-25-19(12)32/h1-4,7-9,12H,5-6H2,(H2,24,31)(H,25,32)(H,28,29,30)/t12-/m0/s1. The van der Waals surface area contributed by atoms with E-state index in [9.17, 15) is 22.8 Å². The van der Waals surface area contributed by atoms with Crippen LogP contribution in [0.2, 0.25) is 0 Å². The number of hydrogen-bond donors (Lipinski definition) is 3. The molecule has 0 bridgehead atoms. The molecule has 3 aromatic rings. The molecule has 10 nitrogen and oxygen atoms in total. The molecule has 2 amide bonds. The van der Waals surface area contributed by atoms with Crippen molar-refractivity contribution >= 4 is 17.6 Å². The lowest BCUT2D eigenvalue weighted by atomic mass is 10.2. The summed E-state index contributed by atoms with van der Waals surface area (Å²) in [5.74, 6) is -0.352. The molecule has 1 fully saturated rings. The lowest BCUT2D eigenvalue weighted by Gasteiger charge is -2.13. The van der Waals surface area contributed by atoms with Gasteiger partial charge in [-0.15, -0.1) is 0 Å². The monoisotopic (exact) mass is 459 g/mol. The molecule has 1 saturated heterocycles. The van der Waals surface area contributed by atoms with Gasteiger partial charge in [-0.2, -0.15) is 13.2 Å². The highest BCUT2D eigenvalue weighted by molar-refractivity contribution is 5.92. The maximum atomic E-state index is 12.6. The van der Waals surface area contributed by atoms with Crippen LogP contribution in [0.25, 0.3) is 11.4 Å². The van der Waals surface area contributed by atoms with E-state index in [-0.39, 0.29) is 34.9 Å². The average Bonchev–Trinajstić information content (AvgIpc) is 3.18. The van der Waals surface area contributed by atoms with Gasteiger partial charge >= 0.3 is 6.18 Å². The van der Waals surface area contributed by atoms with Crippen LogP contribution in [0.15, 0.2) is 42.7 Å². The third-order valence-electron chi connectivity index (χ3n) is 4.60. The Hall–Kier alpha value is -4.29. The average molecular weight is 459 g/mol. The summed E-state index contributed by atoms with van der Waals surface area (Å²) in [6, 6.07) is 7.07. The number of carbonyl (C=O) groups excluding carboxylic acids is 2. The molecule has 4 N–H and O–H groups in total. The zero-order chi connectivity index (χ0) is 23.6. The molecule has 0 saturated carbocycles. The molecule has 13 heteroatoms. The summed E-state index contributed by atoms with van der Waals surface area (Å²) in [6.07, 6.45) is -2.59. The van der Waals surface area contributed by atoms with E-state index >= 15 is 0 Å². The first-order chi connectivity index (χ1) is 15.7. The Morgan fingerprint density at radius 3 is 2.48 bits per heavy atom. The summed E-state index contributed by atoms with van der Waals surface area (Å²) in [6.45, 7) is 0.530. The fraction of sp³-hybridized carbons (Fsp3) is 0.200. The van der Waals surface area contributed by atoms with Gasteiger partial charge in [0.1, 0.15) is 23.3 Å². The maximum absolute atomic E-state index is 12.6. The number of benzene rings is 1. The molecule has 1 atom stereocenters. The third-order valence-corrected chi connectivity index (χ3v) is 4.60. The summed E-state index contributed by atoms with van der Waals surface area (Å²) in [5, 5.41) is 5.66. The van der Waals surface area contributed by atoms with Crippen LogP contribution in [0.5, 0.6) is 11.6 Å². The Balaban J connectivity index is 1.54. The number of rotatable bonds is 6. The van der Waals surface area contributed by atoms with Gasteiger partial charge < -0.3 is 21.1 Å². The SMILES string of the molecule is NC(=O)c1cc(N[C@H]2CCNC2=O)nc(-c2ccc(Oc3cnc(C(F)(F)F)cn3)cc2)n1. The number of nitrogens with two attached hydrogens (primary N) is 1. The molecule has 33 heavy (non-hydrogen) atoms. The van der Waals surface area contributed by atoms with Crippen molar-refractivity contribution in [3.8, 4) is 23.0 Å². The van der Waals surface area contributed by atoms with Crippen LogP contribution in [-0.4, -0.2) is 44.3 Å². The summed E-state index contributed by atoms with van der Waals surface area (Å²) < 4.78 is 43.2. The van der Waals surface area contributed by atoms with Gasteiger partial charge in [0.15, 0.2) is 11.5 Å². The van der Waals surface area contributed by atoms with E-state index in [0.29, 0.717) is 24.7 Å². The molecule has 1 aliphatic rings. The van der Waals surface area contributed by atoms with Crippen LogP contribution in [-0.2, 0) is 11.0 Å². The van der Waals surface area contributed by atoms with E-state index in [1.165, 1.54) is 18.2 Å². The topological polar surface area (TPSA) is 145 Å². The molecule has 1 aromatic carbocycles. The van der Waals surface area contributed by atoms with Crippen LogP contribution >= 0.6 is 0 Å². The van der Waals surface area contributed by atoms with Crippen molar-refractivity contribution in [3.05, 3.63) is 54.1 Å². The Morgan fingerprint density at radius 2 is 1.91 bits per heavy atom. The molecular weight excluding hydrogens is 443 g/mol. The number of anilines is 1. The molecular formula is C20H16F3N7O3. The smallest absolute Gasteiger partial charge is 0.434 e. The second-order valence-corrected chi connectivity index (χ2v) is 6.97. The van der Waals surface area contributed by atoms with E-state index in [0.717, 1.165) is 6.20 Å². The summed E-state index contributed by atoms with van der Waals surface area (Å²) in [7, 11) is 0. The van der Waals surface area contributed by atoms with Crippen molar-refractivity contribution in [2.75, 3.05) is 11.9 Å². The van der Waals surface area contributed by atoms with Gasteiger partial charge in [0.2, 0.25) is 11.8 Å². The number of alkyl halides is 3. The molecule has 1 aliphatic heterocycles. The van der Waals surface area contributed by atoms with Crippen molar-refractivity contribution in [1.29, 1.82) is 0 Å². The highest BCUT2D eigenvalue weighted by atomic mass is 19.4. The predicted octanol–water partition coefficient (Wildman–Crippen LogP) is 2.14. The van der Waals surface area contributed by atoms with Crippen molar-refractivity contribution in [2.24, 2.45) is 5.73 Å². The second kappa shape index (κ2) is 8.68. The molecule has 4 rings (SSSR count). The zero-order valence-corrected chi connectivity index (χ0v) is 16.8. The molecule has 0 aliphatic carbocycles. The maximum Gasteiger partial charge on any atom is 0.434 e. The first kappa shape index (κ1) is 21.9. The molecule has 170 valence electrons. The number of nitrogens with zero attached hydrogens (tertiary/aromatic N) is 4. The fourth-order valence-electron chi connectivity index (χ4n) is 2.99. The third kappa shape index (κ3) is 5.14. The molecule has 0 radical (unpaired) electrons. The number of ether oxygens (including phenoxy) is 1. The first-order valence-corrected chi connectivity index (χ1v) is 9.60. The van der Waals surface area contributed by atoms with Gasteiger partial charge in [-0.1, -0.05) is 0 Å². The number of amides is 2. The van der Waals surface area contributed by atoms with Gasteiger partial charge in [0.25, 0.3) is 5.91 Å². The van der Waals surface area contributed by atoms with E-state index < -0.39 is 23.8 Å². The number of hydrogen-bond acceptors (Lipinski definition) is 8. The number of nitrogens with one attached hydrogen (secondary N) is 2. The normalized spacial score (nSPS) is 15.7. The molecule has 2 aromatic heterocycles. The Kier molecular flexibility index (Phi) is 5.77. The van der Waals surface area contributed by atoms with Gasteiger partial charge in [-0.3, -0.25) is 9.59 Å². The molecule has 3 heterocycles. The number of halogens is 3. The van der Waals surface area contributed by atoms with Crippen LogP contribution in [0.3, 0.4) is 0 Å². The van der Waals surface area contributed by atoms with Crippen LogP contribution < -0.4 is 21.1 Å². The van der Waals surface area contributed by atoms with E-state index in [1.54, 1.807) is 12.1 Å². The van der Waals surface area contributed by atoms with Crippen molar-refractivity contribution in [3.63, 3.8) is 0 Å². The lowest BCUT2D eigenvalue weighted by Crippen LogP contribution is -2.30. The van der Waals surface area contributed by atoms with Crippen LogP contribution in [0.4, 0.5) is 19.0 Å². The summed E-state index contributed by atoms with van der Waals surface area (Å²) in [4.78, 5) is 38.9. The zero-order valence-electron chi connectivity index (χ0n) is 16.8. The Morgan fingerprint density at radius 1 is 1.15 bits per heavy atom. The van der Waals surface area contributed by atoms with Gasteiger partial charge in [-0.25, -0.2) is 19.9 Å². The van der Waals surface area contributed by atoms with E-state index in [2.05, 4.69) is 30.6 Å².